The van der Waals surface area contributed by atoms with Crippen molar-refractivity contribution in [3.63, 3.8) is 0 Å². The molecule has 2 atom stereocenters. The van der Waals surface area contributed by atoms with Crippen molar-refractivity contribution < 1.29 is 9.72 Å². The molecule has 102 valence electrons. The summed E-state index contributed by atoms with van der Waals surface area (Å²) in [5, 5.41) is 18.7. The Morgan fingerprint density at radius 3 is 2.68 bits per heavy atom. The molecule has 0 aromatic carbocycles. The average molecular weight is 281 g/mol. The highest BCUT2D eigenvalue weighted by molar-refractivity contribution is 7.13. The molecule has 2 unspecified atom stereocenters. The summed E-state index contributed by atoms with van der Waals surface area (Å²) < 4.78 is 0. The van der Waals surface area contributed by atoms with E-state index in [1.165, 1.54) is 18.9 Å². The van der Waals surface area contributed by atoms with Gasteiger partial charge in [0.2, 0.25) is 0 Å². The third-order valence-electron chi connectivity index (χ3n) is 3.84. The summed E-state index contributed by atoms with van der Waals surface area (Å²) >= 11 is 0.989. The Morgan fingerprint density at radius 1 is 1.42 bits per heavy atom. The zero-order valence-corrected chi connectivity index (χ0v) is 11.1. The molecule has 0 spiro atoms. The number of nitro groups is 1. The van der Waals surface area contributed by atoms with Gasteiger partial charge in [-0.15, -0.1) is 0 Å². The predicted octanol–water partition coefficient (Wildman–Crippen LogP) is 1.67. The largest absolute Gasteiger partial charge is 0.349 e. The summed E-state index contributed by atoms with van der Waals surface area (Å²) in [6.07, 6.45) is 4.27. The summed E-state index contributed by atoms with van der Waals surface area (Å²) in [6.45, 7) is 0. The SMILES string of the molecule is O=C(NC1CC2CCC(C1)N2)c1csc([N+](=O)[O-])c1. The van der Waals surface area contributed by atoms with Crippen molar-refractivity contribution >= 4 is 22.2 Å². The molecular weight excluding hydrogens is 266 g/mol. The van der Waals surface area contributed by atoms with E-state index in [-0.39, 0.29) is 17.0 Å². The van der Waals surface area contributed by atoms with E-state index >= 15 is 0 Å². The molecule has 2 bridgehead atoms. The second kappa shape index (κ2) is 4.90. The van der Waals surface area contributed by atoms with Crippen LogP contribution in [0.25, 0.3) is 0 Å². The van der Waals surface area contributed by atoms with Crippen LogP contribution in [0, 0.1) is 10.1 Å². The topological polar surface area (TPSA) is 84.3 Å². The third-order valence-corrected chi connectivity index (χ3v) is 4.72. The zero-order valence-electron chi connectivity index (χ0n) is 10.3. The van der Waals surface area contributed by atoms with E-state index < -0.39 is 4.92 Å². The number of hydrogen-bond acceptors (Lipinski definition) is 5. The van der Waals surface area contributed by atoms with E-state index in [2.05, 4.69) is 10.6 Å². The number of fused-ring (bicyclic) bond motifs is 2. The minimum absolute atomic E-state index is 0.00975. The van der Waals surface area contributed by atoms with Gasteiger partial charge in [0.1, 0.15) is 0 Å². The van der Waals surface area contributed by atoms with Crippen LogP contribution in [-0.2, 0) is 0 Å². The van der Waals surface area contributed by atoms with Gasteiger partial charge in [0.25, 0.3) is 5.91 Å². The number of thiophene rings is 1. The van der Waals surface area contributed by atoms with Gasteiger partial charge in [-0.2, -0.15) is 0 Å². The number of amides is 1. The molecule has 0 radical (unpaired) electrons. The smallest absolute Gasteiger partial charge is 0.324 e. The maximum Gasteiger partial charge on any atom is 0.324 e. The molecule has 2 N–H and O–H groups in total. The molecule has 2 fully saturated rings. The first-order chi connectivity index (χ1) is 9.11. The Morgan fingerprint density at radius 2 is 2.11 bits per heavy atom. The van der Waals surface area contributed by atoms with Crippen molar-refractivity contribution in [1.29, 1.82) is 0 Å². The normalized spacial score (nSPS) is 29.2. The molecule has 3 heterocycles. The predicted molar refractivity (Wildman–Crippen MR) is 71.4 cm³/mol. The Bertz CT molecular complexity index is 504. The van der Waals surface area contributed by atoms with E-state index in [9.17, 15) is 14.9 Å². The molecule has 3 rings (SSSR count). The van der Waals surface area contributed by atoms with Gasteiger partial charge in [-0.25, -0.2) is 0 Å². The number of carbonyl (C=O) groups is 1. The first-order valence-corrected chi connectivity index (χ1v) is 7.29. The van der Waals surface area contributed by atoms with E-state index in [1.54, 1.807) is 5.38 Å². The van der Waals surface area contributed by atoms with Crippen LogP contribution in [0.2, 0.25) is 0 Å². The zero-order chi connectivity index (χ0) is 13.4. The first-order valence-electron chi connectivity index (χ1n) is 6.41. The summed E-state index contributed by atoms with van der Waals surface area (Å²) in [4.78, 5) is 22.2. The summed E-state index contributed by atoms with van der Waals surface area (Å²) in [5.74, 6) is -0.198. The highest BCUT2D eigenvalue weighted by Gasteiger charge is 2.34. The van der Waals surface area contributed by atoms with Crippen molar-refractivity contribution in [2.45, 2.75) is 43.8 Å². The molecule has 1 amide bonds. The van der Waals surface area contributed by atoms with Gasteiger partial charge in [-0.1, -0.05) is 11.3 Å². The highest BCUT2D eigenvalue weighted by Crippen LogP contribution is 2.27. The number of nitrogens with zero attached hydrogens (tertiary/aromatic N) is 1. The molecule has 0 saturated carbocycles. The molecule has 2 aliphatic heterocycles. The molecule has 2 aliphatic rings. The minimum atomic E-state index is -0.466. The van der Waals surface area contributed by atoms with Crippen LogP contribution in [0.15, 0.2) is 11.4 Å². The standard InChI is InChI=1S/C12H15N3O3S/c16-12(7-3-11(15(17)18)19-6-7)14-10-4-8-1-2-9(5-10)13-8/h3,6,8-10,13H,1-2,4-5H2,(H,14,16). The summed E-state index contributed by atoms with van der Waals surface area (Å²) in [6, 6.07) is 2.56. The van der Waals surface area contributed by atoms with Crippen molar-refractivity contribution in [1.82, 2.24) is 10.6 Å². The van der Waals surface area contributed by atoms with Gasteiger partial charge in [-0.3, -0.25) is 14.9 Å². The molecular formula is C12H15N3O3S. The highest BCUT2D eigenvalue weighted by atomic mass is 32.1. The van der Waals surface area contributed by atoms with Crippen LogP contribution >= 0.6 is 11.3 Å². The second-order valence-corrected chi connectivity index (χ2v) is 6.10. The molecule has 6 nitrogen and oxygen atoms in total. The number of nitrogens with one attached hydrogen (secondary N) is 2. The molecule has 1 aromatic rings. The van der Waals surface area contributed by atoms with E-state index in [0.717, 1.165) is 24.2 Å². The fourth-order valence-electron chi connectivity index (χ4n) is 2.98. The van der Waals surface area contributed by atoms with Crippen LogP contribution in [0.4, 0.5) is 5.00 Å². The van der Waals surface area contributed by atoms with Gasteiger partial charge in [0.05, 0.1) is 10.5 Å². The Kier molecular flexibility index (Phi) is 3.24. The Balaban J connectivity index is 1.62. The average Bonchev–Trinajstić information content (AvgIpc) is 2.96. The Labute approximate surface area is 114 Å². The molecule has 1 aromatic heterocycles. The van der Waals surface area contributed by atoms with Crippen molar-refractivity contribution in [3.8, 4) is 0 Å². The maximum atomic E-state index is 12.0. The van der Waals surface area contributed by atoms with Crippen LogP contribution < -0.4 is 10.6 Å². The second-order valence-electron chi connectivity index (χ2n) is 5.21. The fourth-order valence-corrected chi connectivity index (χ4v) is 3.69. The monoisotopic (exact) mass is 281 g/mol. The molecule has 7 heteroatoms. The van der Waals surface area contributed by atoms with Crippen LogP contribution in [0.3, 0.4) is 0 Å². The van der Waals surface area contributed by atoms with Gasteiger partial charge < -0.3 is 10.6 Å². The number of rotatable bonds is 3. The van der Waals surface area contributed by atoms with Crippen LogP contribution in [-0.4, -0.2) is 29.0 Å². The van der Waals surface area contributed by atoms with Crippen molar-refractivity contribution in [2.75, 3.05) is 0 Å². The quantitative estimate of drug-likeness (QED) is 0.652. The molecule has 0 aliphatic carbocycles. The van der Waals surface area contributed by atoms with Crippen LogP contribution in [0.5, 0.6) is 0 Å². The fraction of sp³-hybridized carbons (Fsp3) is 0.583. The lowest BCUT2D eigenvalue weighted by Crippen LogP contribution is -2.47. The lowest BCUT2D eigenvalue weighted by atomic mass is 9.99. The lowest BCUT2D eigenvalue weighted by molar-refractivity contribution is -0.380. The summed E-state index contributed by atoms with van der Waals surface area (Å²) in [7, 11) is 0. The van der Waals surface area contributed by atoms with E-state index in [1.807, 2.05) is 0 Å². The number of piperidine rings is 1. The molecule has 19 heavy (non-hydrogen) atoms. The number of carbonyl (C=O) groups excluding carboxylic acids is 1. The molecule has 2 saturated heterocycles. The lowest BCUT2D eigenvalue weighted by Gasteiger charge is -2.29. The third kappa shape index (κ3) is 2.62. The van der Waals surface area contributed by atoms with E-state index in [0.29, 0.717) is 17.6 Å². The first kappa shape index (κ1) is 12.6. The van der Waals surface area contributed by atoms with Crippen molar-refractivity contribution in [3.05, 3.63) is 27.1 Å². The van der Waals surface area contributed by atoms with Gasteiger partial charge in [0.15, 0.2) is 0 Å². The minimum Gasteiger partial charge on any atom is -0.349 e. The maximum absolute atomic E-state index is 12.0. The number of hydrogen-bond donors (Lipinski definition) is 2. The van der Waals surface area contributed by atoms with Gasteiger partial charge >= 0.3 is 5.00 Å². The Hall–Kier alpha value is -1.47. The van der Waals surface area contributed by atoms with Crippen molar-refractivity contribution in [2.24, 2.45) is 0 Å². The van der Waals surface area contributed by atoms with E-state index in [4.69, 9.17) is 0 Å². The van der Waals surface area contributed by atoms with Crippen LogP contribution in [0.1, 0.15) is 36.0 Å². The van der Waals surface area contributed by atoms with Gasteiger partial charge in [-0.05, 0) is 25.7 Å². The summed E-state index contributed by atoms with van der Waals surface area (Å²) in [5.41, 5.74) is 0.391. The van der Waals surface area contributed by atoms with Gasteiger partial charge in [0, 0.05) is 29.6 Å².